The van der Waals surface area contributed by atoms with Gasteiger partial charge in [0.1, 0.15) is 0 Å². The molecule has 3 atom stereocenters. The first kappa shape index (κ1) is 27.6. The molecule has 0 aromatic heterocycles. The lowest BCUT2D eigenvalue weighted by atomic mass is 9.89. The van der Waals surface area contributed by atoms with Gasteiger partial charge in [-0.1, -0.05) is 47.6 Å². The highest BCUT2D eigenvalue weighted by molar-refractivity contribution is 6.74. The van der Waals surface area contributed by atoms with Crippen molar-refractivity contribution in [2.24, 2.45) is 5.92 Å². The van der Waals surface area contributed by atoms with Crippen LogP contribution in [0, 0.1) is 18.3 Å². The first-order chi connectivity index (χ1) is 12.5. The van der Waals surface area contributed by atoms with Crippen LogP contribution >= 0.6 is 0 Å². The monoisotopic (exact) mass is 426 g/mol. The Morgan fingerprint density at radius 3 is 1.82 bits per heavy atom. The second-order valence-electron chi connectivity index (χ2n) is 10.9. The number of hydrogen-bond donors (Lipinski definition) is 1. The molecule has 0 aromatic carbocycles. The van der Waals surface area contributed by atoms with Gasteiger partial charge in [0.05, 0.1) is 12.2 Å². The molecule has 0 saturated carbocycles. The molecule has 0 heterocycles. The number of aliphatic hydroxyl groups is 1. The molecule has 0 aromatic rings. The summed E-state index contributed by atoms with van der Waals surface area (Å²) in [5.41, 5.74) is 0. The number of aliphatic hydroxyl groups excluding tert-OH is 1. The van der Waals surface area contributed by atoms with Gasteiger partial charge in [-0.3, -0.25) is 0 Å². The van der Waals surface area contributed by atoms with Gasteiger partial charge in [0.2, 0.25) is 0 Å². The van der Waals surface area contributed by atoms with Crippen LogP contribution in [0.1, 0.15) is 60.8 Å². The van der Waals surface area contributed by atoms with Crippen LogP contribution in [0.25, 0.3) is 0 Å². The highest BCUT2D eigenvalue weighted by Crippen LogP contribution is 2.42. The van der Waals surface area contributed by atoms with E-state index in [9.17, 15) is 5.11 Å². The summed E-state index contributed by atoms with van der Waals surface area (Å²) >= 11 is 0. The fourth-order valence-electron chi connectivity index (χ4n) is 2.67. The van der Waals surface area contributed by atoms with E-state index in [2.05, 4.69) is 80.2 Å². The predicted octanol–water partition coefficient (Wildman–Crippen LogP) is 6.37. The number of rotatable bonds is 11. The molecule has 0 aliphatic rings. The van der Waals surface area contributed by atoms with Gasteiger partial charge in [-0.25, -0.2) is 0 Å². The molecule has 0 spiro atoms. The third-order valence-corrected chi connectivity index (χ3v) is 15.6. The van der Waals surface area contributed by atoms with Crippen molar-refractivity contribution in [3.05, 3.63) is 12.7 Å². The van der Waals surface area contributed by atoms with Gasteiger partial charge in [-0.2, -0.15) is 0 Å². The lowest BCUT2D eigenvalue weighted by molar-refractivity contribution is 0.0419. The van der Waals surface area contributed by atoms with E-state index in [0.717, 1.165) is 6.42 Å². The summed E-state index contributed by atoms with van der Waals surface area (Å²) in [7, 11) is -3.98. The molecule has 3 nitrogen and oxygen atoms in total. The molecule has 1 N–H and O–H groups in total. The van der Waals surface area contributed by atoms with Gasteiger partial charge < -0.3 is 14.0 Å². The molecule has 28 heavy (non-hydrogen) atoms. The zero-order valence-electron chi connectivity index (χ0n) is 20.2. The quantitative estimate of drug-likeness (QED) is 0.237. The van der Waals surface area contributed by atoms with Crippen LogP contribution in [0.2, 0.25) is 36.3 Å². The maximum atomic E-state index is 9.47. The molecule has 5 heteroatoms. The summed E-state index contributed by atoms with van der Waals surface area (Å²) in [6.07, 6.45) is 9.50. The van der Waals surface area contributed by atoms with Crippen LogP contribution in [0.5, 0.6) is 0 Å². The van der Waals surface area contributed by atoms with E-state index in [4.69, 9.17) is 15.3 Å². The van der Waals surface area contributed by atoms with E-state index in [1.807, 2.05) is 6.08 Å². The van der Waals surface area contributed by atoms with Crippen LogP contribution in [-0.4, -0.2) is 40.6 Å². The summed E-state index contributed by atoms with van der Waals surface area (Å²) in [6.45, 7) is 26.7. The molecule has 164 valence electrons. The average molecular weight is 427 g/mol. The van der Waals surface area contributed by atoms with E-state index in [0.29, 0.717) is 12.8 Å². The zero-order valence-corrected chi connectivity index (χ0v) is 22.2. The first-order valence-corrected chi connectivity index (χ1v) is 16.4. The topological polar surface area (TPSA) is 38.7 Å². The van der Waals surface area contributed by atoms with Gasteiger partial charge in [-0.05, 0) is 49.1 Å². The Morgan fingerprint density at radius 2 is 1.46 bits per heavy atom. The summed E-state index contributed by atoms with van der Waals surface area (Å²) in [4.78, 5) is 0. The van der Waals surface area contributed by atoms with Gasteiger partial charge in [0.15, 0.2) is 16.6 Å². The number of terminal acetylenes is 1. The molecular formula is C23H46O3Si2. The molecule has 0 amide bonds. The van der Waals surface area contributed by atoms with E-state index >= 15 is 0 Å². The van der Waals surface area contributed by atoms with Crippen LogP contribution in [0.15, 0.2) is 12.7 Å². The average Bonchev–Trinajstić information content (AvgIpc) is 2.51. The number of hydrogen-bond acceptors (Lipinski definition) is 3. The Labute approximate surface area is 177 Å². The van der Waals surface area contributed by atoms with Crippen molar-refractivity contribution in [3.63, 3.8) is 0 Å². The Kier molecular flexibility index (Phi) is 10.4. The Hall–Kier alpha value is -0.386. The van der Waals surface area contributed by atoms with Crippen molar-refractivity contribution >= 4 is 16.6 Å². The predicted molar refractivity (Wildman–Crippen MR) is 128 cm³/mol. The summed E-state index contributed by atoms with van der Waals surface area (Å²) in [6, 6.07) is 0. The van der Waals surface area contributed by atoms with E-state index in [1.54, 1.807) is 0 Å². The van der Waals surface area contributed by atoms with Crippen LogP contribution in [-0.2, 0) is 8.85 Å². The molecule has 0 bridgehead atoms. The van der Waals surface area contributed by atoms with Gasteiger partial charge in [0.25, 0.3) is 0 Å². The Balaban J connectivity index is 5.90. The van der Waals surface area contributed by atoms with E-state index in [-0.39, 0.29) is 34.8 Å². The van der Waals surface area contributed by atoms with Crippen molar-refractivity contribution in [1.82, 2.24) is 0 Å². The highest BCUT2D eigenvalue weighted by atomic mass is 28.4. The summed E-state index contributed by atoms with van der Waals surface area (Å²) in [5.74, 6) is 2.91. The largest absolute Gasteiger partial charge is 0.413 e. The fourth-order valence-corrected chi connectivity index (χ4v) is 5.34. The Morgan fingerprint density at radius 1 is 1.00 bits per heavy atom. The molecule has 0 fully saturated rings. The Bertz CT molecular complexity index is 521. The molecule has 0 aliphatic carbocycles. The zero-order chi connectivity index (χ0) is 22.4. The van der Waals surface area contributed by atoms with Crippen molar-refractivity contribution in [1.29, 1.82) is 0 Å². The summed E-state index contributed by atoms with van der Waals surface area (Å²) in [5, 5.41) is 9.69. The standard InChI is InChI=1S/C23H46O3Si2/c1-13-16-21(26-28(11,12)23(6,7)8)19(17-15-18-24)20(14-2)25-27(9,10)22(3,4)5/h1,14,19-21,24H,2,15-18H2,3-12H3/t19-,20-,21+/m1/s1. The minimum atomic E-state index is -2.00. The van der Waals surface area contributed by atoms with Gasteiger partial charge in [0, 0.05) is 18.9 Å². The van der Waals surface area contributed by atoms with Crippen molar-refractivity contribution in [3.8, 4) is 12.3 Å². The smallest absolute Gasteiger partial charge is 0.192 e. The van der Waals surface area contributed by atoms with Crippen LogP contribution in [0.4, 0.5) is 0 Å². The normalized spacial score (nSPS) is 16.9. The van der Waals surface area contributed by atoms with E-state index < -0.39 is 16.6 Å². The lowest BCUT2D eigenvalue weighted by Gasteiger charge is -2.45. The van der Waals surface area contributed by atoms with Crippen molar-refractivity contribution < 1.29 is 14.0 Å². The molecule has 0 saturated heterocycles. The highest BCUT2D eigenvalue weighted by Gasteiger charge is 2.44. The lowest BCUT2D eigenvalue weighted by Crippen LogP contribution is -2.50. The second-order valence-corrected chi connectivity index (χ2v) is 20.4. The summed E-state index contributed by atoms with van der Waals surface area (Å²) < 4.78 is 13.5. The van der Waals surface area contributed by atoms with Crippen molar-refractivity contribution in [2.75, 3.05) is 6.61 Å². The van der Waals surface area contributed by atoms with Crippen LogP contribution < -0.4 is 0 Å². The van der Waals surface area contributed by atoms with Crippen LogP contribution in [0.3, 0.4) is 0 Å². The van der Waals surface area contributed by atoms with Gasteiger partial charge >= 0.3 is 0 Å². The second kappa shape index (κ2) is 10.6. The maximum absolute atomic E-state index is 9.47. The maximum Gasteiger partial charge on any atom is 0.192 e. The third kappa shape index (κ3) is 7.80. The van der Waals surface area contributed by atoms with Crippen molar-refractivity contribution in [2.45, 2.75) is 109 Å². The third-order valence-electron chi connectivity index (χ3n) is 6.64. The molecular weight excluding hydrogens is 380 g/mol. The fraction of sp³-hybridized carbons (Fsp3) is 0.826. The molecule has 0 rings (SSSR count). The minimum Gasteiger partial charge on any atom is -0.413 e. The minimum absolute atomic E-state index is 0.0870. The van der Waals surface area contributed by atoms with E-state index in [1.165, 1.54) is 0 Å². The molecule has 0 radical (unpaired) electrons. The van der Waals surface area contributed by atoms with Gasteiger partial charge in [-0.15, -0.1) is 18.9 Å². The first-order valence-electron chi connectivity index (χ1n) is 10.6. The molecule has 0 aliphatic heterocycles. The SMILES string of the molecule is C#CC[C@H](O[Si](C)(C)C(C)(C)C)[C@H](CCCO)[C@@H](C=C)O[Si](C)(C)C(C)(C)C. The molecule has 0 unspecified atom stereocenters.